The molecule has 1 aliphatic carbocycles. The van der Waals surface area contributed by atoms with Gasteiger partial charge in [-0.1, -0.05) is 212 Å². The summed E-state index contributed by atoms with van der Waals surface area (Å²) in [6.07, 6.45) is 0. The summed E-state index contributed by atoms with van der Waals surface area (Å²) in [5, 5.41) is 7.56. The van der Waals surface area contributed by atoms with Crippen molar-refractivity contribution in [1.29, 1.82) is 0 Å². The molecule has 0 saturated heterocycles. The van der Waals surface area contributed by atoms with Crippen LogP contribution >= 0.6 is 11.3 Å². The summed E-state index contributed by atoms with van der Waals surface area (Å²) in [4.78, 5) is 2.57. The van der Waals surface area contributed by atoms with Crippen molar-refractivity contribution >= 4 is 70.1 Å². The van der Waals surface area contributed by atoms with E-state index in [0.29, 0.717) is 0 Å². The molecule has 0 N–H and O–H groups in total. The van der Waals surface area contributed by atoms with E-state index in [4.69, 9.17) is 0 Å². The quantitative estimate of drug-likeness (QED) is 0.145. The van der Waals surface area contributed by atoms with Gasteiger partial charge in [-0.05, 0) is 108 Å². The first kappa shape index (κ1) is 37.5. The molecule has 0 aliphatic heterocycles. The van der Waals surface area contributed by atoms with Crippen LogP contribution in [0.25, 0.3) is 75.1 Å². The first-order valence-corrected chi connectivity index (χ1v) is 23.2. The van der Waals surface area contributed by atoms with Crippen molar-refractivity contribution in [3.8, 4) is 33.4 Å². The zero-order chi connectivity index (χ0) is 42.9. The van der Waals surface area contributed by atoms with Gasteiger partial charge < -0.3 is 4.90 Å². The van der Waals surface area contributed by atoms with E-state index in [0.717, 1.165) is 17.1 Å². The maximum atomic E-state index is 2.57. The SMILES string of the molecule is c1ccc(-c2ccc(-c3cc4ccccc4c4ccccc34)cc2N(c2ccc3c(c2)C(c2ccccc2)(c2ccccc2)c2ccccc2-3)c2cccc3c2sc2ccccc23)cc1. The van der Waals surface area contributed by atoms with Crippen LogP contribution in [0, 0.1) is 0 Å². The fourth-order valence-corrected chi connectivity index (χ4v) is 12.1. The van der Waals surface area contributed by atoms with E-state index in [9.17, 15) is 0 Å². The molecular formula is C63H41NS. The monoisotopic (exact) mass is 843 g/mol. The molecule has 1 aromatic heterocycles. The van der Waals surface area contributed by atoms with Crippen LogP contribution in [-0.4, -0.2) is 0 Å². The van der Waals surface area contributed by atoms with E-state index in [1.807, 2.05) is 11.3 Å². The predicted molar refractivity (Wildman–Crippen MR) is 277 cm³/mol. The number of nitrogens with zero attached hydrogens (tertiary/aromatic N) is 1. The van der Waals surface area contributed by atoms with Gasteiger partial charge in [0, 0.05) is 26.7 Å². The van der Waals surface area contributed by atoms with Crippen LogP contribution in [0.2, 0.25) is 0 Å². The van der Waals surface area contributed by atoms with Gasteiger partial charge in [0.2, 0.25) is 0 Å². The lowest BCUT2D eigenvalue weighted by Crippen LogP contribution is -2.28. The maximum absolute atomic E-state index is 2.57. The lowest BCUT2D eigenvalue weighted by Gasteiger charge is -2.35. The van der Waals surface area contributed by atoms with Gasteiger partial charge in [0.05, 0.1) is 21.5 Å². The molecule has 1 heterocycles. The fourth-order valence-electron chi connectivity index (χ4n) is 10.9. The van der Waals surface area contributed by atoms with Crippen LogP contribution in [0.15, 0.2) is 249 Å². The van der Waals surface area contributed by atoms with Gasteiger partial charge in [0.15, 0.2) is 0 Å². The fraction of sp³-hybridized carbons (Fsp3) is 0.0159. The third kappa shape index (κ3) is 5.78. The number of fused-ring (bicyclic) bond motifs is 9. The van der Waals surface area contributed by atoms with Crippen molar-refractivity contribution in [3.05, 3.63) is 271 Å². The van der Waals surface area contributed by atoms with Crippen LogP contribution < -0.4 is 4.90 Å². The van der Waals surface area contributed by atoms with E-state index in [1.54, 1.807) is 0 Å². The van der Waals surface area contributed by atoms with Crippen LogP contribution in [-0.2, 0) is 5.41 Å². The molecular weight excluding hydrogens is 803 g/mol. The van der Waals surface area contributed by atoms with Gasteiger partial charge in [0.25, 0.3) is 0 Å². The minimum atomic E-state index is -0.548. The minimum Gasteiger partial charge on any atom is -0.308 e. The molecule has 12 aromatic rings. The molecule has 13 rings (SSSR count). The summed E-state index contributed by atoms with van der Waals surface area (Å²) < 4.78 is 2.54. The van der Waals surface area contributed by atoms with Crippen molar-refractivity contribution in [2.75, 3.05) is 4.90 Å². The van der Waals surface area contributed by atoms with Crippen LogP contribution in [0.4, 0.5) is 17.1 Å². The molecule has 0 atom stereocenters. The molecule has 0 fully saturated rings. The Morgan fingerprint density at radius 1 is 0.323 bits per heavy atom. The largest absolute Gasteiger partial charge is 0.308 e. The molecule has 0 unspecified atom stereocenters. The highest BCUT2D eigenvalue weighted by atomic mass is 32.1. The summed E-state index contributed by atoms with van der Waals surface area (Å²) in [5.41, 5.74) is 15.2. The summed E-state index contributed by atoms with van der Waals surface area (Å²) in [6.45, 7) is 0. The Bertz CT molecular complexity index is 3730. The highest BCUT2D eigenvalue weighted by Gasteiger charge is 2.46. The van der Waals surface area contributed by atoms with E-state index < -0.39 is 5.41 Å². The summed E-state index contributed by atoms with van der Waals surface area (Å²) in [5.74, 6) is 0. The highest BCUT2D eigenvalue weighted by molar-refractivity contribution is 7.26. The number of hydrogen-bond acceptors (Lipinski definition) is 2. The third-order valence-corrected chi connectivity index (χ3v) is 14.9. The van der Waals surface area contributed by atoms with Gasteiger partial charge >= 0.3 is 0 Å². The molecule has 11 aromatic carbocycles. The van der Waals surface area contributed by atoms with Gasteiger partial charge in [-0.15, -0.1) is 11.3 Å². The first-order valence-electron chi connectivity index (χ1n) is 22.4. The Morgan fingerprint density at radius 2 is 0.923 bits per heavy atom. The average molecular weight is 844 g/mol. The Labute approximate surface area is 382 Å². The molecule has 0 bridgehead atoms. The summed E-state index contributed by atoms with van der Waals surface area (Å²) in [6, 6.07) is 92.4. The second kappa shape index (κ2) is 15.1. The van der Waals surface area contributed by atoms with Crippen molar-refractivity contribution in [3.63, 3.8) is 0 Å². The van der Waals surface area contributed by atoms with Gasteiger partial charge in [0.1, 0.15) is 0 Å². The molecule has 0 radical (unpaired) electrons. The Morgan fingerprint density at radius 3 is 1.71 bits per heavy atom. The van der Waals surface area contributed by atoms with Gasteiger partial charge in [-0.25, -0.2) is 0 Å². The predicted octanol–water partition coefficient (Wildman–Crippen LogP) is 17.5. The van der Waals surface area contributed by atoms with E-state index in [-0.39, 0.29) is 0 Å². The minimum absolute atomic E-state index is 0.548. The van der Waals surface area contributed by atoms with E-state index in [2.05, 4.69) is 254 Å². The molecule has 2 heteroatoms. The second-order valence-corrected chi connectivity index (χ2v) is 18.2. The van der Waals surface area contributed by atoms with Crippen LogP contribution in [0.5, 0.6) is 0 Å². The Balaban J connectivity index is 1.15. The van der Waals surface area contributed by atoms with Crippen LogP contribution in [0.1, 0.15) is 22.3 Å². The maximum Gasteiger partial charge on any atom is 0.0714 e. The van der Waals surface area contributed by atoms with Gasteiger partial charge in [-0.2, -0.15) is 0 Å². The standard InChI is InChI=1S/C63H41NS/c1-4-19-42(20-5-1)49-37-35-44(56-39-43-21-10-11-26-48(43)50-27-12-13-28-51(50)56)40-60(49)64(59-33-18-31-55-54-30-15-17-34-61(54)65-62(55)59)47-36-38-53-52-29-14-16-32-57(52)63(58(53)41-47,45-22-6-2-7-23-45)46-24-8-3-9-25-46/h1-41H. The average Bonchev–Trinajstić information content (AvgIpc) is 3.91. The number of benzene rings is 11. The zero-order valence-corrected chi connectivity index (χ0v) is 36.3. The van der Waals surface area contributed by atoms with Crippen molar-refractivity contribution in [2.45, 2.75) is 5.41 Å². The molecule has 65 heavy (non-hydrogen) atoms. The van der Waals surface area contributed by atoms with Crippen molar-refractivity contribution in [1.82, 2.24) is 0 Å². The number of rotatable bonds is 7. The Hall–Kier alpha value is -8.04. The smallest absolute Gasteiger partial charge is 0.0714 e. The Kier molecular flexibility index (Phi) is 8.69. The zero-order valence-electron chi connectivity index (χ0n) is 35.5. The third-order valence-electron chi connectivity index (χ3n) is 13.7. The lowest BCUT2D eigenvalue weighted by molar-refractivity contribution is 0.768. The highest BCUT2D eigenvalue weighted by Crippen LogP contribution is 2.58. The molecule has 0 saturated carbocycles. The number of hydrogen-bond donors (Lipinski definition) is 0. The molecule has 1 aliphatic rings. The lowest BCUT2D eigenvalue weighted by atomic mass is 9.67. The summed E-state index contributed by atoms with van der Waals surface area (Å²) in [7, 11) is 0. The number of anilines is 3. The normalized spacial score (nSPS) is 12.7. The van der Waals surface area contributed by atoms with Crippen LogP contribution in [0.3, 0.4) is 0 Å². The first-order chi connectivity index (χ1) is 32.3. The molecule has 1 nitrogen and oxygen atoms in total. The van der Waals surface area contributed by atoms with E-state index in [1.165, 1.54) is 97.4 Å². The van der Waals surface area contributed by atoms with Crippen molar-refractivity contribution in [2.24, 2.45) is 0 Å². The van der Waals surface area contributed by atoms with E-state index >= 15 is 0 Å². The molecule has 0 amide bonds. The molecule has 304 valence electrons. The van der Waals surface area contributed by atoms with Crippen molar-refractivity contribution < 1.29 is 0 Å². The second-order valence-electron chi connectivity index (χ2n) is 17.1. The molecule has 0 spiro atoms. The van der Waals surface area contributed by atoms with Gasteiger partial charge in [-0.3, -0.25) is 0 Å². The summed E-state index contributed by atoms with van der Waals surface area (Å²) >= 11 is 1.88. The topological polar surface area (TPSA) is 3.24 Å². The number of thiophene rings is 1.